The molecule has 0 spiro atoms. The minimum atomic E-state index is -0.474. The van der Waals surface area contributed by atoms with E-state index in [1.807, 2.05) is 24.3 Å². The fourth-order valence-corrected chi connectivity index (χ4v) is 3.93. The highest BCUT2D eigenvalue weighted by Gasteiger charge is 2.31. The van der Waals surface area contributed by atoms with Crippen LogP contribution in [-0.4, -0.2) is 44.7 Å². The van der Waals surface area contributed by atoms with Gasteiger partial charge in [0.2, 0.25) is 5.91 Å². The molecule has 1 heterocycles. The maximum atomic E-state index is 14.3. The zero-order valence-corrected chi connectivity index (χ0v) is 17.3. The van der Waals surface area contributed by atoms with E-state index < -0.39 is 5.82 Å². The molecule has 1 unspecified atom stereocenters. The van der Waals surface area contributed by atoms with Crippen LogP contribution in [-0.2, 0) is 4.79 Å². The maximum Gasteiger partial charge on any atom is 0.241 e. The summed E-state index contributed by atoms with van der Waals surface area (Å²) in [5.74, 6) is 0.723. The number of halogens is 1. The van der Waals surface area contributed by atoms with Crippen molar-refractivity contribution in [2.45, 2.75) is 25.3 Å². The zero-order chi connectivity index (χ0) is 21.5. The first kappa shape index (κ1) is 21.6. The predicted octanol–water partition coefficient (Wildman–Crippen LogP) is 3.93. The Hall–Kier alpha value is -3.11. The van der Waals surface area contributed by atoms with Crippen molar-refractivity contribution in [2.75, 3.05) is 38.8 Å². The van der Waals surface area contributed by atoms with Crippen LogP contribution in [0, 0.1) is 17.1 Å². The lowest BCUT2D eigenvalue weighted by molar-refractivity contribution is -0.120. The van der Waals surface area contributed by atoms with Gasteiger partial charge in [0.05, 0.1) is 38.9 Å². The third-order valence-electron chi connectivity index (χ3n) is 5.39. The largest absolute Gasteiger partial charge is 0.497 e. The Balaban J connectivity index is 1.82. The summed E-state index contributed by atoms with van der Waals surface area (Å²) in [7, 11) is 3.22. The number of hydrogen-bond donors (Lipinski definition) is 0. The minimum absolute atomic E-state index is 0.0215. The topological polar surface area (TPSA) is 65.8 Å². The highest BCUT2D eigenvalue weighted by atomic mass is 19.1. The smallest absolute Gasteiger partial charge is 0.241 e. The molecule has 158 valence electrons. The molecule has 0 saturated carbocycles. The van der Waals surface area contributed by atoms with Gasteiger partial charge < -0.3 is 14.4 Å². The molecule has 1 fully saturated rings. The van der Waals surface area contributed by atoms with Crippen molar-refractivity contribution in [3.8, 4) is 17.6 Å². The van der Waals surface area contributed by atoms with Gasteiger partial charge in [0, 0.05) is 24.2 Å². The summed E-state index contributed by atoms with van der Waals surface area (Å²) >= 11 is 0. The molecular weight excluding hydrogens is 385 g/mol. The van der Waals surface area contributed by atoms with E-state index in [9.17, 15) is 9.18 Å². The van der Waals surface area contributed by atoms with Crippen LogP contribution in [0.1, 0.15) is 30.9 Å². The van der Waals surface area contributed by atoms with Crippen LogP contribution < -0.4 is 14.4 Å². The Morgan fingerprint density at radius 1 is 1.27 bits per heavy atom. The van der Waals surface area contributed by atoms with Crippen molar-refractivity contribution >= 4 is 11.6 Å². The Bertz CT molecular complexity index is 928. The van der Waals surface area contributed by atoms with E-state index in [-0.39, 0.29) is 37.1 Å². The number of rotatable bonds is 8. The Morgan fingerprint density at radius 2 is 2.07 bits per heavy atom. The molecule has 0 bridgehead atoms. The number of anilines is 1. The number of nitrogens with zero attached hydrogens (tertiary/aromatic N) is 3. The van der Waals surface area contributed by atoms with Crippen molar-refractivity contribution in [3.63, 3.8) is 0 Å². The molecule has 3 rings (SSSR count). The molecule has 0 radical (unpaired) electrons. The van der Waals surface area contributed by atoms with E-state index in [0.29, 0.717) is 11.5 Å². The molecule has 0 aliphatic carbocycles. The SMILES string of the molecule is COc1ccc(C2CCCN2CC(=O)N(CCC#N)c2ccccc2F)c(OC)c1. The normalized spacial score (nSPS) is 16.1. The number of hydrogen-bond acceptors (Lipinski definition) is 5. The van der Waals surface area contributed by atoms with Crippen molar-refractivity contribution in [3.05, 3.63) is 53.8 Å². The third-order valence-corrected chi connectivity index (χ3v) is 5.39. The van der Waals surface area contributed by atoms with Gasteiger partial charge in [0.25, 0.3) is 0 Å². The number of ether oxygens (including phenoxy) is 2. The van der Waals surface area contributed by atoms with Crippen molar-refractivity contribution < 1.29 is 18.7 Å². The van der Waals surface area contributed by atoms with Gasteiger partial charge in [-0.2, -0.15) is 5.26 Å². The number of methoxy groups -OCH3 is 2. The number of carbonyl (C=O) groups is 1. The maximum absolute atomic E-state index is 14.3. The molecule has 2 aromatic carbocycles. The number of para-hydroxylation sites is 1. The standard InChI is InChI=1S/C23H26FN3O3/c1-29-17-10-11-18(22(15-17)30-2)20-9-5-13-26(20)16-23(28)27(14-6-12-25)21-8-4-3-7-19(21)24/h3-4,7-8,10-11,15,20H,5-6,9,13-14,16H2,1-2H3. The van der Waals surface area contributed by atoms with E-state index in [4.69, 9.17) is 14.7 Å². The summed E-state index contributed by atoms with van der Waals surface area (Å²) in [6.45, 7) is 1.05. The van der Waals surface area contributed by atoms with Crippen LogP contribution in [0.15, 0.2) is 42.5 Å². The van der Waals surface area contributed by atoms with E-state index >= 15 is 0 Å². The van der Waals surface area contributed by atoms with Crippen LogP contribution >= 0.6 is 0 Å². The minimum Gasteiger partial charge on any atom is -0.497 e. The van der Waals surface area contributed by atoms with Crippen LogP contribution in [0.25, 0.3) is 0 Å². The number of nitriles is 1. The van der Waals surface area contributed by atoms with Gasteiger partial charge in [0.15, 0.2) is 0 Å². The quantitative estimate of drug-likeness (QED) is 0.659. The van der Waals surface area contributed by atoms with Gasteiger partial charge in [0.1, 0.15) is 17.3 Å². The van der Waals surface area contributed by atoms with Gasteiger partial charge in [-0.25, -0.2) is 4.39 Å². The summed E-state index contributed by atoms with van der Waals surface area (Å²) in [6, 6.07) is 13.9. The fraction of sp³-hybridized carbons (Fsp3) is 0.391. The average Bonchev–Trinajstić information content (AvgIpc) is 3.22. The van der Waals surface area contributed by atoms with E-state index in [1.165, 1.54) is 11.0 Å². The third kappa shape index (κ3) is 4.71. The molecular formula is C23H26FN3O3. The lowest BCUT2D eigenvalue weighted by Gasteiger charge is -2.29. The van der Waals surface area contributed by atoms with Gasteiger partial charge in [-0.15, -0.1) is 0 Å². The predicted molar refractivity (Wildman–Crippen MR) is 112 cm³/mol. The van der Waals surface area contributed by atoms with Crippen LogP contribution in [0.4, 0.5) is 10.1 Å². The molecule has 0 N–H and O–H groups in total. The second-order valence-corrected chi connectivity index (χ2v) is 7.14. The zero-order valence-electron chi connectivity index (χ0n) is 17.3. The Labute approximate surface area is 176 Å². The van der Waals surface area contributed by atoms with E-state index in [1.54, 1.807) is 32.4 Å². The van der Waals surface area contributed by atoms with E-state index in [2.05, 4.69) is 4.90 Å². The first-order valence-electron chi connectivity index (χ1n) is 9.96. The molecule has 1 saturated heterocycles. The van der Waals surface area contributed by atoms with Crippen LogP contribution in [0.3, 0.4) is 0 Å². The fourth-order valence-electron chi connectivity index (χ4n) is 3.93. The summed E-state index contributed by atoms with van der Waals surface area (Å²) in [5.41, 5.74) is 1.20. The number of carbonyl (C=O) groups excluding carboxylic acids is 1. The molecule has 1 aliphatic rings. The summed E-state index contributed by atoms with van der Waals surface area (Å²) in [6.07, 6.45) is 1.98. The monoisotopic (exact) mass is 411 g/mol. The average molecular weight is 411 g/mol. The molecule has 7 heteroatoms. The summed E-state index contributed by atoms with van der Waals surface area (Å²) in [4.78, 5) is 16.6. The first-order valence-corrected chi connectivity index (χ1v) is 9.96. The molecule has 30 heavy (non-hydrogen) atoms. The van der Waals surface area contributed by atoms with Gasteiger partial charge in [-0.3, -0.25) is 9.69 Å². The molecule has 1 amide bonds. The van der Waals surface area contributed by atoms with Gasteiger partial charge in [-0.05, 0) is 37.6 Å². The Kier molecular flexibility index (Phi) is 7.26. The molecule has 2 aromatic rings. The molecule has 0 aromatic heterocycles. The summed E-state index contributed by atoms with van der Waals surface area (Å²) in [5, 5.41) is 8.97. The number of likely N-dealkylation sites (tertiary alicyclic amines) is 1. The van der Waals surface area contributed by atoms with Gasteiger partial charge >= 0.3 is 0 Å². The number of benzene rings is 2. The highest BCUT2D eigenvalue weighted by molar-refractivity contribution is 5.95. The molecule has 1 aliphatic heterocycles. The van der Waals surface area contributed by atoms with Crippen molar-refractivity contribution in [1.82, 2.24) is 4.90 Å². The highest BCUT2D eigenvalue weighted by Crippen LogP contribution is 2.38. The number of amides is 1. The van der Waals surface area contributed by atoms with Crippen LogP contribution in [0.2, 0.25) is 0 Å². The lowest BCUT2D eigenvalue weighted by atomic mass is 10.0. The summed E-state index contributed by atoms with van der Waals surface area (Å²) < 4.78 is 25.2. The second-order valence-electron chi connectivity index (χ2n) is 7.14. The first-order chi connectivity index (χ1) is 14.6. The molecule has 1 atom stereocenters. The Morgan fingerprint density at radius 3 is 2.77 bits per heavy atom. The van der Waals surface area contributed by atoms with Gasteiger partial charge in [-0.1, -0.05) is 18.2 Å². The second kappa shape index (κ2) is 10.1. The lowest BCUT2D eigenvalue weighted by Crippen LogP contribution is -2.41. The molecule has 6 nitrogen and oxygen atoms in total. The van der Waals surface area contributed by atoms with Crippen LogP contribution in [0.5, 0.6) is 11.5 Å². The van der Waals surface area contributed by atoms with Crippen molar-refractivity contribution in [1.29, 1.82) is 5.26 Å². The van der Waals surface area contributed by atoms with Crippen molar-refractivity contribution in [2.24, 2.45) is 0 Å². The van der Waals surface area contributed by atoms with E-state index in [0.717, 1.165) is 24.9 Å².